The van der Waals surface area contributed by atoms with Gasteiger partial charge in [-0.2, -0.15) is 9.40 Å². The summed E-state index contributed by atoms with van der Waals surface area (Å²) < 4.78 is 39.2. The Bertz CT molecular complexity index is 1440. The molecule has 0 unspecified atom stereocenters. The number of para-hydroxylation sites is 1. The molecule has 1 fully saturated rings. The van der Waals surface area contributed by atoms with E-state index >= 15 is 0 Å². The van der Waals surface area contributed by atoms with Gasteiger partial charge in [-0.1, -0.05) is 29.8 Å². The summed E-state index contributed by atoms with van der Waals surface area (Å²) in [6.45, 7) is 3.15. The van der Waals surface area contributed by atoms with Crippen LogP contribution in [0, 0.1) is 6.92 Å². The van der Waals surface area contributed by atoms with E-state index in [-0.39, 0.29) is 16.5 Å². The van der Waals surface area contributed by atoms with Crippen molar-refractivity contribution < 1.29 is 22.7 Å². The molecule has 9 nitrogen and oxygen atoms in total. The van der Waals surface area contributed by atoms with Crippen LogP contribution in [0.5, 0.6) is 0 Å². The minimum Gasteiger partial charge on any atom is -0.402 e. The van der Waals surface area contributed by atoms with Gasteiger partial charge in [0.1, 0.15) is 5.15 Å². The zero-order valence-corrected chi connectivity index (χ0v) is 20.3. The first kappa shape index (κ1) is 23.4. The van der Waals surface area contributed by atoms with E-state index in [1.54, 1.807) is 23.7 Å². The molecule has 0 N–H and O–H groups in total. The van der Waals surface area contributed by atoms with Crippen LogP contribution in [0.3, 0.4) is 0 Å². The number of aliphatic imine (C=N–C) groups is 1. The van der Waals surface area contributed by atoms with E-state index in [9.17, 15) is 13.2 Å². The van der Waals surface area contributed by atoms with Crippen molar-refractivity contribution >= 4 is 39.6 Å². The highest BCUT2D eigenvalue weighted by atomic mass is 35.5. The number of halogens is 1. The molecule has 3 aromatic rings. The van der Waals surface area contributed by atoms with Gasteiger partial charge in [-0.25, -0.2) is 22.9 Å². The fraction of sp³-hybridized carbons (Fsp3) is 0.208. The number of ether oxygens (including phenoxy) is 2. The van der Waals surface area contributed by atoms with Crippen LogP contribution in [0.1, 0.15) is 16.8 Å². The van der Waals surface area contributed by atoms with Crippen molar-refractivity contribution in [3.8, 4) is 5.69 Å². The number of sulfonamides is 1. The van der Waals surface area contributed by atoms with Crippen LogP contribution in [-0.4, -0.2) is 60.7 Å². The fourth-order valence-corrected chi connectivity index (χ4v) is 5.52. The van der Waals surface area contributed by atoms with Gasteiger partial charge < -0.3 is 9.47 Å². The second-order valence-electron chi connectivity index (χ2n) is 7.91. The van der Waals surface area contributed by atoms with Gasteiger partial charge in [0.15, 0.2) is 5.70 Å². The van der Waals surface area contributed by atoms with Gasteiger partial charge in [-0.05, 0) is 49.4 Å². The zero-order valence-electron chi connectivity index (χ0n) is 18.7. The summed E-state index contributed by atoms with van der Waals surface area (Å²) in [5.74, 6) is -0.547. The Morgan fingerprint density at radius 3 is 2.40 bits per heavy atom. The SMILES string of the molecule is Cc1nn(-c2ccccc2)c(Cl)c1C=C1N=C(c2ccc(S(=O)(=O)N3CCOCC3)cc2)OC1=O. The molecule has 3 heterocycles. The van der Waals surface area contributed by atoms with Gasteiger partial charge in [0.05, 0.1) is 29.5 Å². The first-order chi connectivity index (χ1) is 16.8. The molecule has 0 spiro atoms. The second-order valence-corrected chi connectivity index (χ2v) is 10.2. The van der Waals surface area contributed by atoms with Crippen molar-refractivity contribution in [2.45, 2.75) is 11.8 Å². The molecule has 180 valence electrons. The predicted octanol–water partition coefficient (Wildman–Crippen LogP) is 3.20. The van der Waals surface area contributed by atoms with E-state index in [1.807, 2.05) is 30.3 Å². The highest BCUT2D eigenvalue weighted by Gasteiger charge is 2.28. The van der Waals surface area contributed by atoms with Crippen LogP contribution in [0.15, 0.2) is 70.2 Å². The summed E-state index contributed by atoms with van der Waals surface area (Å²) >= 11 is 6.55. The molecule has 1 aromatic heterocycles. The van der Waals surface area contributed by atoms with E-state index in [4.69, 9.17) is 21.1 Å². The number of esters is 1. The summed E-state index contributed by atoms with van der Waals surface area (Å²) in [5.41, 5.74) is 2.52. The number of hydrogen-bond acceptors (Lipinski definition) is 7. The van der Waals surface area contributed by atoms with Crippen LogP contribution in [0.25, 0.3) is 11.8 Å². The molecule has 35 heavy (non-hydrogen) atoms. The third-order valence-electron chi connectivity index (χ3n) is 5.66. The molecule has 2 aliphatic heterocycles. The van der Waals surface area contributed by atoms with Crippen LogP contribution >= 0.6 is 11.6 Å². The molecule has 0 atom stereocenters. The van der Waals surface area contributed by atoms with Crippen LogP contribution in [0.2, 0.25) is 5.15 Å². The van der Waals surface area contributed by atoms with Gasteiger partial charge in [0, 0.05) is 24.2 Å². The Morgan fingerprint density at radius 1 is 1.03 bits per heavy atom. The number of rotatable bonds is 5. The maximum atomic E-state index is 12.8. The van der Waals surface area contributed by atoms with Crippen molar-refractivity contribution in [2.75, 3.05) is 26.3 Å². The fourth-order valence-electron chi connectivity index (χ4n) is 3.79. The molecule has 5 rings (SSSR count). The summed E-state index contributed by atoms with van der Waals surface area (Å²) in [5, 5.41) is 4.81. The highest BCUT2D eigenvalue weighted by molar-refractivity contribution is 7.89. The molecular weight excluding hydrogens is 492 g/mol. The monoisotopic (exact) mass is 512 g/mol. The van der Waals surface area contributed by atoms with E-state index in [2.05, 4.69) is 10.1 Å². The summed E-state index contributed by atoms with van der Waals surface area (Å²) in [6, 6.07) is 15.5. The van der Waals surface area contributed by atoms with Crippen molar-refractivity contribution in [3.05, 3.63) is 82.3 Å². The Balaban J connectivity index is 1.41. The third kappa shape index (κ3) is 4.53. The van der Waals surface area contributed by atoms with Crippen LogP contribution in [-0.2, 0) is 24.3 Å². The number of carbonyl (C=O) groups is 1. The average molecular weight is 513 g/mol. The van der Waals surface area contributed by atoms with E-state index in [1.165, 1.54) is 22.5 Å². The highest BCUT2D eigenvalue weighted by Crippen LogP contribution is 2.28. The van der Waals surface area contributed by atoms with Crippen LogP contribution < -0.4 is 0 Å². The van der Waals surface area contributed by atoms with Gasteiger partial charge >= 0.3 is 5.97 Å². The lowest BCUT2D eigenvalue weighted by atomic mass is 10.2. The number of morpholine rings is 1. The lowest BCUT2D eigenvalue weighted by Crippen LogP contribution is -2.40. The quantitative estimate of drug-likeness (QED) is 0.384. The number of nitrogens with zero attached hydrogens (tertiary/aromatic N) is 4. The molecule has 0 bridgehead atoms. The summed E-state index contributed by atoms with van der Waals surface area (Å²) in [7, 11) is -3.62. The maximum Gasteiger partial charge on any atom is 0.363 e. The summed E-state index contributed by atoms with van der Waals surface area (Å²) in [4.78, 5) is 17.0. The number of cyclic esters (lactones) is 1. The lowest BCUT2D eigenvalue weighted by Gasteiger charge is -2.26. The minimum atomic E-state index is -3.62. The topological polar surface area (TPSA) is 103 Å². The molecule has 2 aromatic carbocycles. The van der Waals surface area contributed by atoms with E-state index < -0.39 is 16.0 Å². The van der Waals surface area contributed by atoms with Crippen molar-refractivity contribution in [3.63, 3.8) is 0 Å². The number of aromatic nitrogens is 2. The summed E-state index contributed by atoms with van der Waals surface area (Å²) in [6.07, 6.45) is 1.54. The standard InChI is InChI=1S/C24H21ClN4O5S/c1-16-20(22(25)29(27-16)18-5-3-2-4-6-18)15-21-24(30)34-23(26-21)17-7-9-19(10-8-17)35(31,32)28-11-13-33-14-12-28/h2-10,15H,11-14H2,1H3. The molecule has 0 aliphatic carbocycles. The van der Waals surface area contributed by atoms with Gasteiger partial charge in [0.2, 0.25) is 15.9 Å². The normalized spacial score (nSPS) is 18.1. The number of carbonyl (C=O) groups excluding carboxylic acids is 1. The Morgan fingerprint density at radius 2 is 1.71 bits per heavy atom. The molecule has 11 heteroatoms. The molecule has 0 radical (unpaired) electrons. The van der Waals surface area contributed by atoms with E-state index in [0.29, 0.717) is 48.3 Å². The van der Waals surface area contributed by atoms with Crippen molar-refractivity contribution in [1.29, 1.82) is 0 Å². The zero-order chi connectivity index (χ0) is 24.6. The van der Waals surface area contributed by atoms with E-state index in [0.717, 1.165) is 5.69 Å². The Kier molecular flexibility index (Phi) is 6.28. The lowest BCUT2D eigenvalue weighted by molar-refractivity contribution is -0.129. The molecule has 0 saturated carbocycles. The minimum absolute atomic E-state index is 0.0719. The molecule has 1 saturated heterocycles. The second kappa shape index (κ2) is 9.38. The average Bonchev–Trinajstić information content (AvgIpc) is 3.39. The van der Waals surface area contributed by atoms with Gasteiger partial charge in [-0.15, -0.1) is 0 Å². The number of hydrogen-bond donors (Lipinski definition) is 0. The number of aryl methyl sites for hydroxylation is 1. The van der Waals surface area contributed by atoms with Gasteiger partial charge in [0.25, 0.3) is 0 Å². The Hall–Kier alpha value is -3.31. The molecular formula is C24H21ClN4O5S. The first-order valence-electron chi connectivity index (χ1n) is 10.9. The van der Waals surface area contributed by atoms with Crippen molar-refractivity contribution in [2.24, 2.45) is 4.99 Å². The van der Waals surface area contributed by atoms with Gasteiger partial charge in [-0.3, -0.25) is 0 Å². The Labute approximate surface area is 207 Å². The number of benzene rings is 2. The largest absolute Gasteiger partial charge is 0.402 e. The predicted molar refractivity (Wildman–Crippen MR) is 130 cm³/mol. The van der Waals surface area contributed by atoms with Crippen molar-refractivity contribution in [1.82, 2.24) is 14.1 Å². The smallest absolute Gasteiger partial charge is 0.363 e. The maximum absolute atomic E-state index is 12.8. The molecule has 2 aliphatic rings. The third-order valence-corrected chi connectivity index (χ3v) is 7.94. The first-order valence-corrected chi connectivity index (χ1v) is 12.7. The van der Waals surface area contributed by atoms with Crippen LogP contribution in [0.4, 0.5) is 0 Å². The molecule has 0 amide bonds.